The average Bonchev–Trinajstić information content (AvgIpc) is 2.43. The lowest BCUT2D eigenvalue weighted by atomic mass is 10.3. The van der Waals surface area contributed by atoms with E-state index < -0.39 is 0 Å². The van der Waals surface area contributed by atoms with Crippen molar-refractivity contribution in [3.05, 3.63) is 28.7 Å². The SMILES string of the molecule is CCCC(=NCCCn1ccc(=O)c(OC)c1)OC. The molecule has 0 spiro atoms. The van der Waals surface area contributed by atoms with Gasteiger partial charge in [0.15, 0.2) is 11.6 Å². The van der Waals surface area contributed by atoms with Gasteiger partial charge in [-0.2, -0.15) is 0 Å². The van der Waals surface area contributed by atoms with Crippen LogP contribution < -0.4 is 10.2 Å². The van der Waals surface area contributed by atoms with Crippen LogP contribution in [0.1, 0.15) is 26.2 Å². The molecule has 1 heterocycles. The van der Waals surface area contributed by atoms with Crippen molar-refractivity contribution in [2.24, 2.45) is 4.99 Å². The van der Waals surface area contributed by atoms with Crippen LogP contribution in [0.25, 0.3) is 0 Å². The van der Waals surface area contributed by atoms with Gasteiger partial charge < -0.3 is 14.0 Å². The van der Waals surface area contributed by atoms with E-state index in [4.69, 9.17) is 9.47 Å². The van der Waals surface area contributed by atoms with E-state index in [0.717, 1.165) is 38.2 Å². The van der Waals surface area contributed by atoms with Gasteiger partial charge in [-0.15, -0.1) is 0 Å². The molecule has 0 aliphatic carbocycles. The van der Waals surface area contributed by atoms with Gasteiger partial charge in [-0.1, -0.05) is 6.92 Å². The van der Waals surface area contributed by atoms with Crippen molar-refractivity contribution in [1.82, 2.24) is 4.57 Å². The van der Waals surface area contributed by atoms with E-state index in [2.05, 4.69) is 11.9 Å². The highest BCUT2D eigenvalue weighted by Gasteiger charge is 1.99. The number of aliphatic imine (C=N–C) groups is 1. The van der Waals surface area contributed by atoms with Gasteiger partial charge in [-0.25, -0.2) is 0 Å². The van der Waals surface area contributed by atoms with Gasteiger partial charge in [-0.3, -0.25) is 9.79 Å². The van der Waals surface area contributed by atoms with Gasteiger partial charge in [-0.05, 0) is 12.8 Å². The Labute approximate surface area is 113 Å². The Kier molecular flexibility index (Phi) is 6.71. The van der Waals surface area contributed by atoms with Crippen molar-refractivity contribution >= 4 is 5.90 Å². The summed E-state index contributed by atoms with van der Waals surface area (Å²) in [6.07, 6.45) is 6.28. The molecule has 0 bridgehead atoms. The molecule has 0 N–H and O–H groups in total. The molecular formula is C14H22N2O3. The standard InChI is InChI=1S/C14H22N2O3/c1-4-6-14(19-3)15-8-5-9-16-10-7-12(17)13(11-16)18-2/h7,10-11H,4-6,8-9H2,1-3H3. The van der Waals surface area contributed by atoms with Crippen LogP contribution in [0.2, 0.25) is 0 Å². The predicted molar refractivity (Wildman–Crippen MR) is 76.1 cm³/mol. The predicted octanol–water partition coefficient (Wildman–Crippen LogP) is 2.09. The summed E-state index contributed by atoms with van der Waals surface area (Å²) in [5.74, 6) is 1.18. The molecule has 0 saturated carbocycles. The third-order valence-corrected chi connectivity index (χ3v) is 2.73. The smallest absolute Gasteiger partial charge is 0.223 e. The minimum absolute atomic E-state index is 0.0959. The highest BCUT2D eigenvalue weighted by atomic mass is 16.5. The Morgan fingerprint density at radius 1 is 1.42 bits per heavy atom. The Morgan fingerprint density at radius 2 is 2.21 bits per heavy atom. The van der Waals surface area contributed by atoms with Crippen LogP contribution in [-0.2, 0) is 11.3 Å². The molecule has 1 rings (SSSR count). The number of aryl methyl sites for hydroxylation is 1. The number of hydrogen-bond donors (Lipinski definition) is 0. The van der Waals surface area contributed by atoms with Crippen LogP contribution in [-0.4, -0.2) is 31.2 Å². The zero-order chi connectivity index (χ0) is 14.1. The summed E-state index contributed by atoms with van der Waals surface area (Å²) in [7, 11) is 3.15. The maximum absolute atomic E-state index is 11.4. The van der Waals surface area contributed by atoms with E-state index >= 15 is 0 Å². The molecule has 19 heavy (non-hydrogen) atoms. The molecule has 0 amide bonds. The molecule has 106 valence electrons. The van der Waals surface area contributed by atoms with Gasteiger partial charge in [0.2, 0.25) is 5.43 Å². The molecule has 5 nitrogen and oxygen atoms in total. The fourth-order valence-corrected chi connectivity index (χ4v) is 1.71. The summed E-state index contributed by atoms with van der Waals surface area (Å²) in [6, 6.07) is 1.51. The van der Waals surface area contributed by atoms with Crippen LogP contribution in [0.15, 0.2) is 28.2 Å². The second-order valence-corrected chi connectivity index (χ2v) is 4.20. The highest BCUT2D eigenvalue weighted by Crippen LogP contribution is 2.02. The van der Waals surface area contributed by atoms with Crippen molar-refractivity contribution in [3.8, 4) is 5.75 Å². The molecule has 0 unspecified atom stereocenters. The number of rotatable bonds is 7. The first kappa shape index (κ1) is 15.3. The Balaban J connectivity index is 2.47. The summed E-state index contributed by atoms with van der Waals surface area (Å²) >= 11 is 0. The molecule has 0 fully saturated rings. The fraction of sp³-hybridized carbons (Fsp3) is 0.571. The van der Waals surface area contributed by atoms with E-state index in [0.29, 0.717) is 5.75 Å². The zero-order valence-electron chi connectivity index (χ0n) is 11.9. The van der Waals surface area contributed by atoms with Crippen molar-refractivity contribution in [3.63, 3.8) is 0 Å². The summed E-state index contributed by atoms with van der Waals surface area (Å²) < 4.78 is 12.1. The number of hydrogen-bond acceptors (Lipinski definition) is 4. The molecule has 0 atom stereocenters. The molecule has 1 aromatic rings. The van der Waals surface area contributed by atoms with E-state index in [1.165, 1.54) is 13.2 Å². The fourth-order valence-electron chi connectivity index (χ4n) is 1.71. The maximum Gasteiger partial charge on any atom is 0.223 e. The van der Waals surface area contributed by atoms with Crippen molar-refractivity contribution in [2.75, 3.05) is 20.8 Å². The number of aromatic nitrogens is 1. The number of nitrogens with zero attached hydrogens (tertiary/aromatic N) is 2. The first-order valence-corrected chi connectivity index (χ1v) is 6.52. The lowest BCUT2D eigenvalue weighted by molar-refractivity contribution is 0.386. The molecule has 0 radical (unpaired) electrons. The van der Waals surface area contributed by atoms with Gasteiger partial charge in [0.05, 0.1) is 20.4 Å². The summed E-state index contributed by atoms with van der Waals surface area (Å²) in [5.41, 5.74) is -0.0959. The minimum Gasteiger partial charge on any atom is -0.491 e. The second kappa shape index (κ2) is 8.34. The van der Waals surface area contributed by atoms with Crippen molar-refractivity contribution < 1.29 is 9.47 Å². The van der Waals surface area contributed by atoms with Crippen LogP contribution in [0.4, 0.5) is 0 Å². The van der Waals surface area contributed by atoms with Gasteiger partial charge in [0, 0.05) is 31.8 Å². The minimum atomic E-state index is -0.0959. The number of pyridine rings is 1. The molecule has 0 aromatic carbocycles. The lowest BCUT2D eigenvalue weighted by Crippen LogP contribution is -2.09. The van der Waals surface area contributed by atoms with Crippen molar-refractivity contribution in [1.29, 1.82) is 0 Å². The lowest BCUT2D eigenvalue weighted by Gasteiger charge is -2.07. The first-order valence-electron chi connectivity index (χ1n) is 6.52. The quantitative estimate of drug-likeness (QED) is 0.431. The normalized spacial score (nSPS) is 11.4. The van der Waals surface area contributed by atoms with Crippen LogP contribution >= 0.6 is 0 Å². The van der Waals surface area contributed by atoms with E-state index in [1.54, 1.807) is 19.5 Å². The number of ether oxygens (including phenoxy) is 2. The Hall–Kier alpha value is -1.78. The average molecular weight is 266 g/mol. The molecule has 0 saturated heterocycles. The van der Waals surface area contributed by atoms with Gasteiger partial charge in [0.1, 0.15) is 0 Å². The van der Waals surface area contributed by atoms with Crippen LogP contribution in [0, 0.1) is 0 Å². The van der Waals surface area contributed by atoms with Crippen LogP contribution in [0.5, 0.6) is 5.75 Å². The third-order valence-electron chi connectivity index (χ3n) is 2.73. The maximum atomic E-state index is 11.4. The number of methoxy groups -OCH3 is 2. The summed E-state index contributed by atoms with van der Waals surface area (Å²) in [5, 5.41) is 0. The van der Waals surface area contributed by atoms with E-state index in [9.17, 15) is 4.79 Å². The van der Waals surface area contributed by atoms with E-state index in [1.807, 2.05) is 4.57 Å². The summed E-state index contributed by atoms with van der Waals surface area (Å²) in [4.78, 5) is 15.8. The van der Waals surface area contributed by atoms with Gasteiger partial charge >= 0.3 is 0 Å². The molecule has 5 heteroatoms. The Morgan fingerprint density at radius 3 is 2.84 bits per heavy atom. The highest BCUT2D eigenvalue weighted by molar-refractivity contribution is 5.75. The summed E-state index contributed by atoms with van der Waals surface area (Å²) in [6.45, 7) is 3.61. The van der Waals surface area contributed by atoms with Crippen LogP contribution in [0.3, 0.4) is 0 Å². The Bertz CT molecular complexity index is 466. The monoisotopic (exact) mass is 266 g/mol. The van der Waals surface area contributed by atoms with Gasteiger partial charge in [0.25, 0.3) is 0 Å². The third kappa shape index (κ3) is 5.16. The molecular weight excluding hydrogens is 244 g/mol. The topological polar surface area (TPSA) is 52.8 Å². The van der Waals surface area contributed by atoms with Crippen molar-refractivity contribution in [2.45, 2.75) is 32.7 Å². The van der Waals surface area contributed by atoms with E-state index in [-0.39, 0.29) is 5.43 Å². The largest absolute Gasteiger partial charge is 0.491 e. The first-order chi connectivity index (χ1) is 9.21. The zero-order valence-corrected chi connectivity index (χ0v) is 11.9. The second-order valence-electron chi connectivity index (χ2n) is 4.20. The molecule has 0 aliphatic rings. The molecule has 1 aromatic heterocycles. The molecule has 0 aliphatic heterocycles.